The second kappa shape index (κ2) is 3.38. The lowest BCUT2D eigenvalue weighted by Gasteiger charge is -1.94. The van der Waals surface area contributed by atoms with Crippen LogP contribution in [0.4, 0.5) is 0 Å². The van der Waals surface area contributed by atoms with Crippen molar-refractivity contribution in [2.45, 2.75) is 4.90 Å². The molecule has 0 radical (unpaired) electrons. The Morgan fingerprint density at radius 1 is 1.43 bits per heavy atom. The number of fused-ring (bicyclic) bond motifs is 1. The molecule has 1 aromatic heterocycles. The van der Waals surface area contributed by atoms with Gasteiger partial charge in [-0.15, -0.1) is 11.8 Å². The highest BCUT2D eigenvalue weighted by atomic mass is 32.2. The van der Waals surface area contributed by atoms with E-state index in [0.717, 1.165) is 15.8 Å². The smallest absolute Gasteiger partial charge is 0.353 e. The molecule has 0 saturated carbocycles. The van der Waals surface area contributed by atoms with Crippen LogP contribution in [0.25, 0.3) is 10.9 Å². The molecular weight excluding hydrogens is 198 g/mol. The van der Waals surface area contributed by atoms with Gasteiger partial charge in [0.2, 0.25) is 0 Å². The quantitative estimate of drug-likeness (QED) is 0.744. The Morgan fingerprint density at radius 2 is 2.14 bits per heavy atom. The predicted octanol–water partition coefficient (Wildman–Crippen LogP) is 2.59. The van der Waals surface area contributed by atoms with Crippen LogP contribution in [-0.2, 0) is 0 Å². The van der Waals surface area contributed by atoms with Gasteiger partial charge in [0.1, 0.15) is 5.69 Å². The molecule has 72 valence electrons. The SMILES string of the molecule is CSc1c(C(=O)O)[nH]c2ccccc12. The average molecular weight is 207 g/mol. The number of carboxylic acid groups (broad SMARTS) is 1. The normalized spacial score (nSPS) is 10.6. The fourth-order valence-electron chi connectivity index (χ4n) is 1.48. The Hall–Kier alpha value is -1.42. The molecule has 0 fully saturated rings. The molecule has 0 aliphatic carbocycles. The van der Waals surface area contributed by atoms with Gasteiger partial charge in [-0.05, 0) is 12.3 Å². The second-order valence-corrected chi connectivity index (χ2v) is 3.70. The van der Waals surface area contributed by atoms with E-state index in [-0.39, 0.29) is 5.69 Å². The summed E-state index contributed by atoms with van der Waals surface area (Å²) in [6, 6.07) is 7.59. The number of hydrogen-bond donors (Lipinski definition) is 2. The van der Waals surface area contributed by atoms with E-state index >= 15 is 0 Å². The topological polar surface area (TPSA) is 53.1 Å². The van der Waals surface area contributed by atoms with E-state index < -0.39 is 5.97 Å². The summed E-state index contributed by atoms with van der Waals surface area (Å²) >= 11 is 1.45. The van der Waals surface area contributed by atoms with Crippen LogP contribution in [0.1, 0.15) is 10.5 Å². The number of thioether (sulfide) groups is 1. The number of aromatic carboxylic acids is 1. The van der Waals surface area contributed by atoms with Crippen molar-refractivity contribution >= 4 is 28.6 Å². The molecule has 1 aromatic carbocycles. The first-order chi connectivity index (χ1) is 6.74. The van der Waals surface area contributed by atoms with Crippen molar-refractivity contribution < 1.29 is 9.90 Å². The molecule has 0 aliphatic rings. The minimum absolute atomic E-state index is 0.277. The van der Waals surface area contributed by atoms with Crippen LogP contribution < -0.4 is 0 Å². The van der Waals surface area contributed by atoms with Crippen molar-refractivity contribution in [3.05, 3.63) is 30.0 Å². The predicted molar refractivity (Wildman–Crippen MR) is 57.0 cm³/mol. The number of aromatic amines is 1. The molecule has 0 saturated heterocycles. The average Bonchev–Trinajstić information content (AvgIpc) is 2.56. The van der Waals surface area contributed by atoms with Crippen molar-refractivity contribution in [2.75, 3.05) is 6.26 Å². The maximum absolute atomic E-state index is 10.9. The number of nitrogens with one attached hydrogen (secondary N) is 1. The lowest BCUT2D eigenvalue weighted by molar-refractivity contribution is 0.0688. The number of H-pyrrole nitrogens is 1. The summed E-state index contributed by atoms with van der Waals surface area (Å²) < 4.78 is 0. The summed E-state index contributed by atoms with van der Waals surface area (Å²) in [7, 11) is 0. The van der Waals surface area contributed by atoms with E-state index in [1.165, 1.54) is 11.8 Å². The molecule has 0 aliphatic heterocycles. The first kappa shape index (κ1) is 9.15. The summed E-state index contributed by atoms with van der Waals surface area (Å²) in [5.74, 6) is -0.912. The summed E-state index contributed by atoms with van der Waals surface area (Å²) in [4.78, 5) is 14.6. The molecule has 2 aromatic rings. The Labute approximate surface area is 85.1 Å². The molecular formula is C10H9NO2S. The minimum Gasteiger partial charge on any atom is -0.477 e. The van der Waals surface area contributed by atoms with E-state index in [1.807, 2.05) is 30.5 Å². The second-order valence-electron chi connectivity index (χ2n) is 2.88. The number of rotatable bonds is 2. The van der Waals surface area contributed by atoms with Crippen molar-refractivity contribution in [3.63, 3.8) is 0 Å². The summed E-state index contributed by atoms with van der Waals surface area (Å²) in [5.41, 5.74) is 1.15. The van der Waals surface area contributed by atoms with E-state index in [2.05, 4.69) is 4.98 Å². The molecule has 3 nitrogen and oxygen atoms in total. The van der Waals surface area contributed by atoms with Gasteiger partial charge in [-0.1, -0.05) is 18.2 Å². The third-order valence-corrected chi connectivity index (χ3v) is 2.91. The van der Waals surface area contributed by atoms with Gasteiger partial charge in [0, 0.05) is 15.8 Å². The van der Waals surface area contributed by atoms with Crippen LogP contribution in [0.2, 0.25) is 0 Å². The Morgan fingerprint density at radius 3 is 2.79 bits per heavy atom. The standard InChI is InChI=1S/C10H9NO2S/c1-14-9-6-4-2-3-5-7(6)11-8(9)10(12)13/h2-5,11H,1H3,(H,12,13). The van der Waals surface area contributed by atoms with Gasteiger partial charge in [-0.25, -0.2) is 4.79 Å². The number of hydrogen-bond acceptors (Lipinski definition) is 2. The monoisotopic (exact) mass is 207 g/mol. The maximum atomic E-state index is 10.9. The van der Waals surface area contributed by atoms with E-state index in [9.17, 15) is 4.79 Å². The zero-order valence-corrected chi connectivity index (χ0v) is 8.39. The van der Waals surface area contributed by atoms with Crippen LogP contribution in [0.3, 0.4) is 0 Å². The lowest BCUT2D eigenvalue weighted by atomic mass is 10.2. The number of para-hydroxylation sites is 1. The summed E-state index contributed by atoms with van der Waals surface area (Å²) in [5, 5.41) is 9.92. The van der Waals surface area contributed by atoms with Crippen LogP contribution >= 0.6 is 11.8 Å². The van der Waals surface area contributed by atoms with E-state index in [0.29, 0.717) is 0 Å². The number of benzene rings is 1. The van der Waals surface area contributed by atoms with Crippen LogP contribution in [-0.4, -0.2) is 22.3 Å². The fraction of sp³-hybridized carbons (Fsp3) is 0.100. The summed E-state index contributed by atoms with van der Waals surface area (Å²) in [6.45, 7) is 0. The van der Waals surface area contributed by atoms with Crippen molar-refractivity contribution in [2.24, 2.45) is 0 Å². The molecule has 0 bridgehead atoms. The molecule has 2 N–H and O–H groups in total. The van der Waals surface area contributed by atoms with Gasteiger partial charge in [0.05, 0.1) is 0 Å². The highest BCUT2D eigenvalue weighted by molar-refractivity contribution is 7.99. The number of carbonyl (C=O) groups is 1. The van der Waals surface area contributed by atoms with Gasteiger partial charge >= 0.3 is 5.97 Å². The maximum Gasteiger partial charge on any atom is 0.353 e. The molecule has 4 heteroatoms. The summed E-state index contributed by atoms with van der Waals surface area (Å²) in [6.07, 6.45) is 1.88. The van der Waals surface area contributed by atoms with Crippen molar-refractivity contribution in [1.29, 1.82) is 0 Å². The van der Waals surface area contributed by atoms with E-state index in [4.69, 9.17) is 5.11 Å². The Bertz CT molecular complexity index is 490. The molecule has 0 atom stereocenters. The molecule has 0 spiro atoms. The van der Waals surface area contributed by atoms with Gasteiger partial charge in [0.15, 0.2) is 0 Å². The first-order valence-electron chi connectivity index (χ1n) is 4.12. The largest absolute Gasteiger partial charge is 0.477 e. The Balaban J connectivity index is 2.78. The van der Waals surface area contributed by atoms with Crippen LogP contribution in [0, 0.1) is 0 Å². The third-order valence-electron chi connectivity index (χ3n) is 2.08. The molecule has 14 heavy (non-hydrogen) atoms. The van der Waals surface area contributed by atoms with Gasteiger partial charge in [-0.3, -0.25) is 0 Å². The first-order valence-corrected chi connectivity index (χ1v) is 5.34. The number of carboxylic acids is 1. The molecule has 0 unspecified atom stereocenters. The minimum atomic E-state index is -0.912. The highest BCUT2D eigenvalue weighted by Gasteiger charge is 2.15. The van der Waals surface area contributed by atoms with Gasteiger partial charge in [-0.2, -0.15) is 0 Å². The van der Waals surface area contributed by atoms with Crippen LogP contribution in [0.5, 0.6) is 0 Å². The highest BCUT2D eigenvalue weighted by Crippen LogP contribution is 2.29. The van der Waals surface area contributed by atoms with E-state index in [1.54, 1.807) is 0 Å². The van der Waals surface area contributed by atoms with Gasteiger partial charge < -0.3 is 10.1 Å². The zero-order chi connectivity index (χ0) is 10.1. The molecule has 0 amide bonds. The number of aromatic nitrogens is 1. The fourth-order valence-corrected chi connectivity index (χ4v) is 2.22. The van der Waals surface area contributed by atoms with Crippen molar-refractivity contribution in [1.82, 2.24) is 4.98 Å². The van der Waals surface area contributed by atoms with Crippen LogP contribution in [0.15, 0.2) is 29.2 Å². The Kier molecular flexibility index (Phi) is 2.21. The zero-order valence-electron chi connectivity index (χ0n) is 7.57. The molecule has 2 rings (SSSR count). The lowest BCUT2D eigenvalue weighted by Crippen LogP contribution is -1.97. The molecule has 1 heterocycles. The van der Waals surface area contributed by atoms with Gasteiger partial charge in [0.25, 0.3) is 0 Å². The van der Waals surface area contributed by atoms with Crippen molar-refractivity contribution in [3.8, 4) is 0 Å². The third kappa shape index (κ3) is 1.28.